The predicted octanol–water partition coefficient (Wildman–Crippen LogP) is -2.09. The van der Waals surface area contributed by atoms with Crippen LogP contribution in [0.2, 0.25) is 0 Å². The Hall–Kier alpha value is -0.984. The third kappa shape index (κ3) is 2.59. The topological polar surface area (TPSA) is 62.1 Å². The molecule has 0 saturated carbocycles. The zero-order chi connectivity index (χ0) is 13.4. The van der Waals surface area contributed by atoms with E-state index in [1.807, 2.05) is 0 Å². The van der Waals surface area contributed by atoms with E-state index in [9.17, 15) is 14.7 Å². The summed E-state index contributed by atoms with van der Waals surface area (Å²) in [5, 5.41) is 12.0. The molecule has 0 unspecified atom stereocenters. The van der Waals surface area contributed by atoms with Crippen molar-refractivity contribution in [2.24, 2.45) is 0 Å². The Morgan fingerprint density at radius 3 is 1.85 bits per heavy atom. The molecule has 0 aliphatic carbocycles. The van der Waals surface area contributed by atoms with Crippen molar-refractivity contribution in [2.45, 2.75) is 6.54 Å². The number of nitrogens with zero attached hydrogens (tertiary/aromatic N) is 1. The monoisotopic (exact) mass is 291 g/mol. The number of aromatic nitrogens is 1. The van der Waals surface area contributed by atoms with Crippen molar-refractivity contribution in [3.63, 3.8) is 0 Å². The molecule has 1 heterocycles. The van der Waals surface area contributed by atoms with Gasteiger partial charge in [0.25, 0.3) is 0 Å². The molecule has 94 valence electrons. The minimum Gasteiger partial charge on any atom is -0.548 e. The average Bonchev–Trinajstić information content (AvgIpc) is 2.43. The van der Waals surface area contributed by atoms with Gasteiger partial charge in [-0.3, -0.25) is 4.79 Å². The third-order valence-electron chi connectivity index (χ3n) is 3.17. The van der Waals surface area contributed by atoms with Crippen LogP contribution in [0.25, 0.3) is 21.8 Å². The third-order valence-corrected chi connectivity index (χ3v) is 3.17. The Morgan fingerprint density at radius 1 is 0.950 bits per heavy atom. The van der Waals surface area contributed by atoms with Gasteiger partial charge in [0.1, 0.15) is 0 Å². The van der Waals surface area contributed by atoms with Gasteiger partial charge >= 0.3 is 51.4 Å². The van der Waals surface area contributed by atoms with Gasteiger partial charge in [0.15, 0.2) is 5.43 Å². The van der Waals surface area contributed by atoms with Crippen molar-refractivity contribution in [2.75, 3.05) is 0 Å². The van der Waals surface area contributed by atoms with Gasteiger partial charge in [0.05, 0.1) is 23.5 Å². The summed E-state index contributed by atoms with van der Waals surface area (Å²) in [6, 6.07) is 14.0. The van der Waals surface area contributed by atoms with E-state index >= 15 is 0 Å². The Balaban J connectivity index is 0.00000147. The fourth-order valence-corrected chi connectivity index (χ4v) is 2.38. The van der Waals surface area contributed by atoms with Crippen LogP contribution in [0.15, 0.2) is 53.3 Å². The summed E-state index contributed by atoms with van der Waals surface area (Å²) in [4.78, 5) is 23.3. The van der Waals surface area contributed by atoms with Crippen LogP contribution in [0, 0.1) is 0 Å². The number of carboxylic acid groups (broad SMARTS) is 1. The number of rotatable bonds is 2. The van der Waals surface area contributed by atoms with Gasteiger partial charge < -0.3 is 14.5 Å². The Labute approximate surface area is 157 Å². The second-order valence-corrected chi connectivity index (χ2v) is 4.32. The number of carbonyl (C=O) groups excluding carboxylic acids is 1. The van der Waals surface area contributed by atoms with E-state index in [0.717, 1.165) is 0 Å². The van der Waals surface area contributed by atoms with E-state index in [0.29, 0.717) is 21.8 Å². The molecule has 3 aromatic rings. The number of para-hydroxylation sites is 2. The SMILES string of the molecule is O=C([O-])Cn1c2ccccc2c(=O)c2ccccc21.[K+]. The molecule has 0 fully saturated rings. The largest absolute Gasteiger partial charge is 1.00 e. The minimum atomic E-state index is -1.18. The molecular weight excluding hydrogens is 281 g/mol. The van der Waals surface area contributed by atoms with Gasteiger partial charge in [-0.2, -0.15) is 0 Å². The number of hydrogen-bond donors (Lipinski definition) is 0. The van der Waals surface area contributed by atoms with Crippen LogP contribution in [-0.2, 0) is 11.3 Å². The quantitative estimate of drug-likeness (QED) is 0.402. The number of carboxylic acids is 1. The first-order valence-electron chi connectivity index (χ1n) is 5.88. The number of carbonyl (C=O) groups is 1. The van der Waals surface area contributed by atoms with Gasteiger partial charge in [0.2, 0.25) is 0 Å². The maximum atomic E-state index is 12.3. The molecule has 0 saturated heterocycles. The molecule has 2 aromatic carbocycles. The van der Waals surface area contributed by atoms with Crippen molar-refractivity contribution < 1.29 is 61.3 Å². The van der Waals surface area contributed by atoms with E-state index in [4.69, 9.17) is 0 Å². The zero-order valence-corrected chi connectivity index (χ0v) is 14.1. The summed E-state index contributed by atoms with van der Waals surface area (Å²) in [5.74, 6) is -1.18. The molecule has 0 aliphatic rings. The number of hydrogen-bond acceptors (Lipinski definition) is 3. The molecule has 20 heavy (non-hydrogen) atoms. The summed E-state index contributed by atoms with van der Waals surface area (Å²) in [6.07, 6.45) is 0. The van der Waals surface area contributed by atoms with E-state index < -0.39 is 5.97 Å². The van der Waals surface area contributed by atoms with E-state index in [1.54, 1.807) is 53.1 Å². The van der Waals surface area contributed by atoms with Crippen molar-refractivity contribution in [3.8, 4) is 0 Å². The maximum Gasteiger partial charge on any atom is 1.00 e. The van der Waals surface area contributed by atoms with Crippen LogP contribution in [-0.4, -0.2) is 10.5 Å². The van der Waals surface area contributed by atoms with Gasteiger partial charge in [0, 0.05) is 10.8 Å². The molecule has 0 aliphatic heterocycles. The first-order valence-corrected chi connectivity index (χ1v) is 5.88. The van der Waals surface area contributed by atoms with Crippen molar-refractivity contribution in [1.29, 1.82) is 0 Å². The summed E-state index contributed by atoms with van der Waals surface area (Å²) in [6.45, 7) is -0.276. The van der Waals surface area contributed by atoms with Gasteiger partial charge in [-0.05, 0) is 24.3 Å². The molecule has 0 amide bonds. The Kier molecular flexibility index (Phi) is 4.77. The van der Waals surface area contributed by atoms with Crippen LogP contribution in [0.1, 0.15) is 0 Å². The predicted molar refractivity (Wildman–Crippen MR) is 70.7 cm³/mol. The maximum absolute atomic E-state index is 12.3. The van der Waals surface area contributed by atoms with Crippen molar-refractivity contribution in [3.05, 3.63) is 58.8 Å². The summed E-state index contributed by atoms with van der Waals surface area (Å²) < 4.78 is 1.60. The van der Waals surface area contributed by atoms with Crippen LogP contribution in [0.4, 0.5) is 0 Å². The molecule has 0 atom stereocenters. The van der Waals surface area contributed by atoms with Gasteiger partial charge in [-0.1, -0.05) is 24.3 Å². The van der Waals surface area contributed by atoms with Crippen molar-refractivity contribution >= 4 is 27.8 Å². The summed E-state index contributed by atoms with van der Waals surface area (Å²) in [5.41, 5.74) is 1.13. The fraction of sp³-hybridized carbons (Fsp3) is 0.0667. The number of aliphatic carboxylic acids is 1. The standard InChI is InChI=1S/C15H11NO3.K/c17-14(18)9-16-12-7-3-1-5-10(12)15(19)11-6-2-4-8-13(11)16;/h1-8H,9H2,(H,17,18);/q;+1/p-1. The van der Waals surface area contributed by atoms with Crippen molar-refractivity contribution in [1.82, 2.24) is 4.57 Å². The van der Waals surface area contributed by atoms with E-state index in [2.05, 4.69) is 0 Å². The molecule has 5 heteroatoms. The molecule has 0 N–H and O–H groups in total. The van der Waals surface area contributed by atoms with Gasteiger partial charge in [-0.15, -0.1) is 0 Å². The van der Waals surface area contributed by atoms with E-state index in [-0.39, 0.29) is 63.4 Å². The van der Waals surface area contributed by atoms with E-state index in [1.165, 1.54) is 0 Å². The normalized spacial score (nSPS) is 10.4. The molecule has 3 rings (SSSR count). The number of benzene rings is 2. The molecule has 0 spiro atoms. The minimum absolute atomic E-state index is 0. The molecular formula is C15H10KNO3. The first kappa shape index (κ1) is 15.4. The smallest absolute Gasteiger partial charge is 0.548 e. The number of fused-ring (bicyclic) bond motifs is 2. The fourth-order valence-electron chi connectivity index (χ4n) is 2.38. The zero-order valence-electron chi connectivity index (χ0n) is 11.0. The Bertz CT molecular complexity index is 794. The van der Waals surface area contributed by atoms with Crippen LogP contribution in [0.5, 0.6) is 0 Å². The first-order chi connectivity index (χ1) is 9.18. The molecule has 0 bridgehead atoms. The second kappa shape index (κ2) is 6.20. The molecule has 0 radical (unpaired) electrons. The van der Waals surface area contributed by atoms with Gasteiger partial charge in [-0.25, -0.2) is 0 Å². The molecule has 1 aromatic heterocycles. The average molecular weight is 291 g/mol. The summed E-state index contributed by atoms with van der Waals surface area (Å²) >= 11 is 0. The molecule has 4 nitrogen and oxygen atoms in total. The summed E-state index contributed by atoms with van der Waals surface area (Å²) in [7, 11) is 0. The number of pyridine rings is 1. The van der Waals surface area contributed by atoms with Crippen LogP contribution >= 0.6 is 0 Å². The van der Waals surface area contributed by atoms with Crippen LogP contribution < -0.4 is 61.9 Å². The van der Waals surface area contributed by atoms with Crippen LogP contribution in [0.3, 0.4) is 0 Å². The second-order valence-electron chi connectivity index (χ2n) is 4.32. The Morgan fingerprint density at radius 2 is 1.40 bits per heavy atom.